The molecule has 0 saturated carbocycles. The van der Waals surface area contributed by atoms with Gasteiger partial charge in [-0.25, -0.2) is 0 Å². The van der Waals surface area contributed by atoms with Crippen molar-refractivity contribution in [3.63, 3.8) is 0 Å². The summed E-state index contributed by atoms with van der Waals surface area (Å²) in [6.45, 7) is 5.38. The number of allylic oxidation sites excluding steroid dienone is 4. The standard InChI is InChI=1S/C46H90NO7P/c1-6-8-10-12-14-16-18-20-22-23-24-25-27-29-31-33-35-37-39-46(48)54-45(44-53-55(49,50)52-42-40-47(3,4)5)43-51-41-38-36-34-32-30-28-26-21-19-17-15-13-11-9-7-2/h13,15,19,21,45H,6-12,14,16-18,20,22-44H2,1-5H3/b15-13-,21-19-. The SMILES string of the molecule is CCCC/C=C\C/C=C\CCCCCCCCOCC(COP(=O)([O-])OCC[N+](C)(C)C)OC(=O)CCCCCCCCCCCCCCCCCCCC. The van der Waals surface area contributed by atoms with Crippen LogP contribution in [0.3, 0.4) is 0 Å². The number of ether oxygens (including phenoxy) is 2. The lowest BCUT2D eigenvalue weighted by Crippen LogP contribution is -2.37. The molecule has 326 valence electrons. The van der Waals surface area contributed by atoms with Gasteiger partial charge in [0.15, 0.2) is 0 Å². The lowest BCUT2D eigenvalue weighted by Gasteiger charge is -2.28. The van der Waals surface area contributed by atoms with Gasteiger partial charge in [0.05, 0.1) is 34.4 Å². The van der Waals surface area contributed by atoms with Crippen molar-refractivity contribution in [2.45, 2.75) is 213 Å². The van der Waals surface area contributed by atoms with E-state index in [1.54, 1.807) is 0 Å². The molecule has 0 heterocycles. The molecule has 0 aliphatic heterocycles. The highest BCUT2D eigenvalue weighted by Gasteiger charge is 2.20. The second-order valence-corrected chi connectivity index (χ2v) is 18.2. The number of hydrogen-bond acceptors (Lipinski definition) is 7. The molecule has 0 fully saturated rings. The van der Waals surface area contributed by atoms with Gasteiger partial charge >= 0.3 is 5.97 Å². The first-order valence-corrected chi connectivity index (χ1v) is 24.5. The van der Waals surface area contributed by atoms with Crippen LogP contribution in [0.25, 0.3) is 0 Å². The highest BCUT2D eigenvalue weighted by Crippen LogP contribution is 2.38. The van der Waals surface area contributed by atoms with E-state index in [0.717, 1.165) is 51.4 Å². The van der Waals surface area contributed by atoms with E-state index in [1.165, 1.54) is 135 Å². The zero-order valence-corrected chi connectivity index (χ0v) is 37.8. The van der Waals surface area contributed by atoms with Crippen molar-refractivity contribution in [2.75, 3.05) is 54.1 Å². The molecule has 0 amide bonds. The molecule has 2 atom stereocenters. The summed E-state index contributed by atoms with van der Waals surface area (Å²) in [6.07, 6.45) is 44.7. The molecule has 0 aliphatic rings. The van der Waals surface area contributed by atoms with Crippen LogP contribution in [-0.4, -0.2) is 70.7 Å². The Kier molecular flexibility index (Phi) is 39.1. The minimum Gasteiger partial charge on any atom is -0.756 e. The fraction of sp³-hybridized carbons (Fsp3) is 0.891. The van der Waals surface area contributed by atoms with Crippen molar-refractivity contribution in [1.82, 2.24) is 0 Å². The molecule has 0 aromatic heterocycles. The summed E-state index contributed by atoms with van der Waals surface area (Å²) in [7, 11) is 1.36. The second-order valence-electron chi connectivity index (χ2n) is 16.8. The van der Waals surface area contributed by atoms with E-state index in [-0.39, 0.29) is 25.8 Å². The van der Waals surface area contributed by atoms with E-state index in [0.29, 0.717) is 24.1 Å². The van der Waals surface area contributed by atoms with E-state index in [9.17, 15) is 14.3 Å². The van der Waals surface area contributed by atoms with Gasteiger partial charge in [-0.15, -0.1) is 0 Å². The highest BCUT2D eigenvalue weighted by atomic mass is 31.2. The summed E-state index contributed by atoms with van der Waals surface area (Å²) in [5.74, 6) is -0.335. The maximum Gasteiger partial charge on any atom is 0.306 e. The van der Waals surface area contributed by atoms with Crippen LogP contribution < -0.4 is 4.89 Å². The van der Waals surface area contributed by atoms with Crippen molar-refractivity contribution < 1.29 is 37.3 Å². The Morgan fingerprint density at radius 2 is 1.02 bits per heavy atom. The minimum absolute atomic E-state index is 0.0259. The van der Waals surface area contributed by atoms with Crippen LogP contribution in [0.5, 0.6) is 0 Å². The van der Waals surface area contributed by atoms with Crippen LogP contribution in [-0.2, 0) is 27.9 Å². The molecular weight excluding hydrogens is 709 g/mol. The van der Waals surface area contributed by atoms with Gasteiger partial charge in [-0.2, -0.15) is 0 Å². The molecule has 2 unspecified atom stereocenters. The monoisotopic (exact) mass is 800 g/mol. The third kappa shape index (κ3) is 43.9. The summed E-state index contributed by atoms with van der Waals surface area (Å²) in [5, 5.41) is 0. The van der Waals surface area contributed by atoms with E-state index >= 15 is 0 Å². The summed E-state index contributed by atoms with van der Waals surface area (Å²) in [4.78, 5) is 25.1. The van der Waals surface area contributed by atoms with Crippen molar-refractivity contribution in [2.24, 2.45) is 0 Å². The number of unbranched alkanes of at least 4 members (excludes halogenated alkanes) is 25. The molecule has 8 nitrogen and oxygen atoms in total. The number of likely N-dealkylation sites (N-methyl/N-ethyl adjacent to an activating group) is 1. The van der Waals surface area contributed by atoms with Gasteiger partial charge in [0, 0.05) is 13.0 Å². The molecule has 0 aliphatic carbocycles. The van der Waals surface area contributed by atoms with E-state index in [4.69, 9.17) is 18.5 Å². The predicted molar refractivity (Wildman–Crippen MR) is 231 cm³/mol. The average Bonchev–Trinajstić information content (AvgIpc) is 3.13. The Morgan fingerprint density at radius 3 is 1.53 bits per heavy atom. The lowest BCUT2D eigenvalue weighted by molar-refractivity contribution is -0.870. The van der Waals surface area contributed by atoms with Gasteiger partial charge < -0.3 is 27.9 Å². The molecule has 0 radical (unpaired) electrons. The van der Waals surface area contributed by atoms with Gasteiger partial charge in [0.1, 0.15) is 19.3 Å². The topological polar surface area (TPSA) is 94.1 Å². The van der Waals surface area contributed by atoms with Gasteiger partial charge in [-0.05, 0) is 38.5 Å². The molecule has 0 spiro atoms. The van der Waals surface area contributed by atoms with Crippen LogP contribution in [0.2, 0.25) is 0 Å². The number of carbonyl (C=O) groups excluding carboxylic acids is 1. The Balaban J connectivity index is 4.19. The van der Waals surface area contributed by atoms with Gasteiger partial charge in [-0.1, -0.05) is 186 Å². The molecule has 0 aromatic carbocycles. The number of carbonyl (C=O) groups is 1. The molecule has 0 N–H and O–H groups in total. The van der Waals surface area contributed by atoms with Crippen LogP contribution in [0.15, 0.2) is 24.3 Å². The van der Waals surface area contributed by atoms with Crippen molar-refractivity contribution in [1.29, 1.82) is 0 Å². The second kappa shape index (κ2) is 39.8. The van der Waals surface area contributed by atoms with Crippen LogP contribution in [0.1, 0.15) is 206 Å². The largest absolute Gasteiger partial charge is 0.756 e. The van der Waals surface area contributed by atoms with E-state index in [1.807, 2.05) is 21.1 Å². The first-order chi connectivity index (χ1) is 26.6. The predicted octanol–water partition coefficient (Wildman–Crippen LogP) is 13.0. The quantitative estimate of drug-likeness (QED) is 0.0199. The van der Waals surface area contributed by atoms with Crippen LogP contribution in [0.4, 0.5) is 0 Å². The molecule has 0 saturated heterocycles. The van der Waals surface area contributed by atoms with Crippen molar-refractivity contribution in [3.8, 4) is 0 Å². The third-order valence-electron chi connectivity index (χ3n) is 10.0. The maximum atomic E-state index is 12.7. The van der Waals surface area contributed by atoms with Gasteiger partial charge in [-0.3, -0.25) is 9.36 Å². The number of hydrogen-bond donors (Lipinski definition) is 0. The van der Waals surface area contributed by atoms with Crippen LogP contribution in [0, 0.1) is 0 Å². The first-order valence-electron chi connectivity index (χ1n) is 23.1. The zero-order valence-electron chi connectivity index (χ0n) is 36.9. The Bertz CT molecular complexity index is 936. The normalized spacial score (nSPS) is 13.9. The summed E-state index contributed by atoms with van der Waals surface area (Å²) < 4.78 is 34.6. The molecule has 0 rings (SSSR count). The summed E-state index contributed by atoms with van der Waals surface area (Å²) in [5.41, 5.74) is 0. The van der Waals surface area contributed by atoms with Crippen LogP contribution >= 0.6 is 7.82 Å². The van der Waals surface area contributed by atoms with E-state index < -0.39 is 13.9 Å². The fourth-order valence-corrected chi connectivity index (χ4v) is 7.12. The van der Waals surface area contributed by atoms with E-state index in [2.05, 4.69) is 38.2 Å². The number of nitrogens with zero attached hydrogens (tertiary/aromatic N) is 1. The van der Waals surface area contributed by atoms with Gasteiger partial charge in [0.25, 0.3) is 7.82 Å². The molecule has 9 heteroatoms. The molecule has 0 aromatic rings. The lowest BCUT2D eigenvalue weighted by atomic mass is 10.0. The van der Waals surface area contributed by atoms with Crippen molar-refractivity contribution in [3.05, 3.63) is 24.3 Å². The smallest absolute Gasteiger partial charge is 0.306 e. The fourth-order valence-electron chi connectivity index (χ4n) is 6.39. The number of phosphoric acid groups is 1. The Hall–Kier alpha value is -1.02. The Labute approximate surface area is 341 Å². The number of esters is 1. The number of rotatable bonds is 43. The highest BCUT2D eigenvalue weighted by molar-refractivity contribution is 7.45. The molecule has 55 heavy (non-hydrogen) atoms. The minimum atomic E-state index is -4.52. The summed E-state index contributed by atoms with van der Waals surface area (Å²) >= 11 is 0. The first kappa shape index (κ1) is 54.0. The zero-order chi connectivity index (χ0) is 40.6. The molecular formula is C46H90NO7P. The number of phosphoric ester groups is 1. The third-order valence-corrected chi connectivity index (χ3v) is 11.0. The van der Waals surface area contributed by atoms with Gasteiger partial charge in [0.2, 0.25) is 0 Å². The Morgan fingerprint density at radius 1 is 0.564 bits per heavy atom. The summed E-state index contributed by atoms with van der Waals surface area (Å²) in [6, 6.07) is 0. The average molecular weight is 800 g/mol. The maximum absolute atomic E-state index is 12.7. The van der Waals surface area contributed by atoms with Crippen molar-refractivity contribution >= 4 is 13.8 Å². The number of quaternary nitrogens is 1. The molecule has 0 bridgehead atoms.